The summed E-state index contributed by atoms with van der Waals surface area (Å²) >= 11 is 0. The Balaban J connectivity index is 1.35. The van der Waals surface area contributed by atoms with E-state index in [0.29, 0.717) is 51.0 Å². The lowest BCUT2D eigenvalue weighted by molar-refractivity contribution is -0.143. The molecule has 3 saturated heterocycles. The van der Waals surface area contributed by atoms with Crippen molar-refractivity contribution < 1.29 is 26.7 Å². The lowest BCUT2D eigenvalue weighted by Crippen LogP contribution is -2.46. The summed E-state index contributed by atoms with van der Waals surface area (Å²) in [7, 11) is 0. The number of halogens is 5. The van der Waals surface area contributed by atoms with Gasteiger partial charge in [0, 0.05) is 32.2 Å². The molecule has 2 aromatic rings. The first-order chi connectivity index (χ1) is 15.3. The topological polar surface area (TPSA) is 39.7 Å². The third-order valence-corrected chi connectivity index (χ3v) is 6.79. The molecule has 0 bridgehead atoms. The van der Waals surface area contributed by atoms with Crippen LogP contribution in [0.15, 0.2) is 30.5 Å². The Kier molecular flexibility index (Phi) is 5.07. The van der Waals surface area contributed by atoms with Crippen molar-refractivity contribution in [1.29, 1.82) is 0 Å². The van der Waals surface area contributed by atoms with E-state index in [1.807, 2.05) is 5.01 Å². The first-order valence-electron chi connectivity index (χ1n) is 10.5. The maximum absolute atomic E-state index is 13.7. The zero-order chi connectivity index (χ0) is 22.6. The fraction of sp³-hybridized carbons (Fsp3) is 0.455. The van der Waals surface area contributed by atoms with Gasteiger partial charge in [0.25, 0.3) is 6.43 Å². The van der Waals surface area contributed by atoms with Gasteiger partial charge in [0.15, 0.2) is 0 Å². The van der Waals surface area contributed by atoms with E-state index < -0.39 is 40.9 Å². The van der Waals surface area contributed by atoms with Crippen LogP contribution in [0.25, 0.3) is 0 Å². The van der Waals surface area contributed by atoms with Crippen LogP contribution in [0.1, 0.15) is 42.9 Å². The number of nitrogens with zero attached hydrogens (tertiary/aromatic N) is 4. The van der Waals surface area contributed by atoms with Gasteiger partial charge in [-0.15, -0.1) is 0 Å². The van der Waals surface area contributed by atoms with Crippen LogP contribution in [0.5, 0.6) is 0 Å². The van der Waals surface area contributed by atoms with E-state index in [1.165, 1.54) is 12.1 Å². The van der Waals surface area contributed by atoms with Crippen LogP contribution in [0.3, 0.4) is 0 Å². The standard InChI is InChI=1S/C22H21F5N4O/c23-14-7-13(8-15(24)9-14)18-1-4-30-12-22(21(32)31(18)30)2-5-29(6-3-22)20-17(19(26)27)10-16(25)11-28-20/h7-11,18-19H,1-6,12H2/t18-/m0/s1. The van der Waals surface area contributed by atoms with Crippen LogP contribution < -0.4 is 4.90 Å². The second kappa shape index (κ2) is 7.68. The molecule has 1 atom stereocenters. The normalized spacial score (nSPS) is 22.9. The monoisotopic (exact) mass is 452 g/mol. The second-order valence-electron chi connectivity index (χ2n) is 8.68. The number of anilines is 1. The third kappa shape index (κ3) is 3.41. The Labute approximate surface area is 181 Å². The second-order valence-corrected chi connectivity index (χ2v) is 8.68. The van der Waals surface area contributed by atoms with Crippen molar-refractivity contribution in [3.8, 4) is 0 Å². The number of rotatable bonds is 3. The Morgan fingerprint density at radius 2 is 1.66 bits per heavy atom. The summed E-state index contributed by atoms with van der Waals surface area (Å²) in [4.78, 5) is 19.0. The number of alkyl halides is 2. The van der Waals surface area contributed by atoms with Crippen molar-refractivity contribution in [2.45, 2.75) is 31.7 Å². The zero-order valence-electron chi connectivity index (χ0n) is 17.1. The van der Waals surface area contributed by atoms with Crippen LogP contribution in [0.4, 0.5) is 27.8 Å². The average molecular weight is 452 g/mol. The van der Waals surface area contributed by atoms with Gasteiger partial charge in [-0.25, -0.2) is 31.9 Å². The van der Waals surface area contributed by atoms with Crippen molar-refractivity contribution in [3.05, 3.63) is 59.0 Å². The van der Waals surface area contributed by atoms with Crippen LogP contribution in [-0.2, 0) is 4.79 Å². The maximum Gasteiger partial charge on any atom is 0.267 e. The summed E-state index contributed by atoms with van der Waals surface area (Å²) < 4.78 is 67.7. The minimum absolute atomic E-state index is 0.0376. The summed E-state index contributed by atoms with van der Waals surface area (Å²) in [5.74, 6) is -2.26. The van der Waals surface area contributed by atoms with Crippen molar-refractivity contribution >= 4 is 11.7 Å². The van der Waals surface area contributed by atoms with Crippen LogP contribution in [-0.4, -0.2) is 47.1 Å². The molecule has 1 aromatic heterocycles. The number of carbonyl (C=O) groups is 1. The zero-order valence-corrected chi connectivity index (χ0v) is 17.1. The molecule has 3 aliphatic heterocycles. The van der Waals surface area contributed by atoms with Gasteiger partial charge >= 0.3 is 0 Å². The van der Waals surface area contributed by atoms with Gasteiger partial charge in [0.1, 0.15) is 23.3 Å². The number of piperidine rings is 1. The highest BCUT2D eigenvalue weighted by Crippen LogP contribution is 2.48. The van der Waals surface area contributed by atoms with Gasteiger partial charge in [-0.3, -0.25) is 9.80 Å². The van der Waals surface area contributed by atoms with Gasteiger partial charge in [0.05, 0.1) is 23.2 Å². The van der Waals surface area contributed by atoms with E-state index in [4.69, 9.17) is 0 Å². The smallest absolute Gasteiger partial charge is 0.267 e. The van der Waals surface area contributed by atoms with Gasteiger partial charge in [-0.1, -0.05) is 0 Å². The number of hydrogen-bond acceptors (Lipinski definition) is 4. The number of benzene rings is 1. The lowest BCUT2D eigenvalue weighted by atomic mass is 9.77. The van der Waals surface area contributed by atoms with Crippen molar-refractivity contribution in [3.63, 3.8) is 0 Å². The Morgan fingerprint density at radius 3 is 2.31 bits per heavy atom. The molecule has 1 amide bonds. The van der Waals surface area contributed by atoms with Crippen LogP contribution >= 0.6 is 0 Å². The van der Waals surface area contributed by atoms with Gasteiger partial charge in [-0.05, 0) is 43.0 Å². The van der Waals surface area contributed by atoms with Gasteiger partial charge < -0.3 is 4.90 Å². The maximum atomic E-state index is 13.7. The predicted molar refractivity (Wildman–Crippen MR) is 105 cm³/mol. The van der Waals surface area contributed by atoms with E-state index in [9.17, 15) is 26.7 Å². The molecule has 32 heavy (non-hydrogen) atoms. The molecule has 0 unspecified atom stereocenters. The van der Waals surface area contributed by atoms with E-state index in [2.05, 4.69) is 4.98 Å². The number of aromatic nitrogens is 1. The third-order valence-electron chi connectivity index (χ3n) is 6.79. The molecule has 0 N–H and O–H groups in total. The van der Waals surface area contributed by atoms with Crippen molar-refractivity contribution in [2.75, 3.05) is 31.1 Å². The summed E-state index contributed by atoms with van der Waals surface area (Å²) in [6.45, 7) is 1.72. The summed E-state index contributed by atoms with van der Waals surface area (Å²) in [5.41, 5.74) is -0.729. The predicted octanol–water partition coefficient (Wildman–Crippen LogP) is 4.23. The van der Waals surface area contributed by atoms with Gasteiger partial charge in [0.2, 0.25) is 5.91 Å². The fourth-order valence-electron chi connectivity index (χ4n) is 5.25. The summed E-state index contributed by atoms with van der Waals surface area (Å²) in [6, 6.07) is 3.67. The summed E-state index contributed by atoms with van der Waals surface area (Å²) in [5, 5.41) is 3.54. The van der Waals surface area contributed by atoms with E-state index in [-0.39, 0.29) is 11.7 Å². The fourth-order valence-corrected chi connectivity index (χ4v) is 5.25. The molecule has 10 heteroatoms. The average Bonchev–Trinajstić information content (AvgIpc) is 3.26. The minimum atomic E-state index is -2.86. The van der Waals surface area contributed by atoms with E-state index in [0.717, 1.165) is 18.3 Å². The molecule has 1 aromatic carbocycles. The molecule has 1 spiro atoms. The molecular weight excluding hydrogens is 431 g/mol. The largest absolute Gasteiger partial charge is 0.356 e. The Bertz CT molecular complexity index is 1040. The molecule has 5 rings (SSSR count). The Morgan fingerprint density at radius 1 is 0.969 bits per heavy atom. The van der Waals surface area contributed by atoms with Gasteiger partial charge in [-0.2, -0.15) is 0 Å². The molecule has 4 heterocycles. The molecule has 3 aliphatic rings. The molecule has 5 nitrogen and oxygen atoms in total. The quantitative estimate of drug-likeness (QED) is 0.654. The highest BCUT2D eigenvalue weighted by atomic mass is 19.3. The number of carbonyl (C=O) groups excluding carboxylic acids is 1. The molecular formula is C22H21F5N4O. The number of amides is 1. The number of pyridine rings is 1. The van der Waals surface area contributed by atoms with Crippen LogP contribution in [0.2, 0.25) is 0 Å². The number of hydrazine groups is 1. The van der Waals surface area contributed by atoms with E-state index >= 15 is 0 Å². The Hall–Kier alpha value is -2.75. The van der Waals surface area contributed by atoms with Crippen LogP contribution in [0, 0.1) is 22.9 Å². The molecule has 0 aliphatic carbocycles. The highest BCUT2D eigenvalue weighted by Gasteiger charge is 2.56. The number of hydrogen-bond donors (Lipinski definition) is 0. The van der Waals surface area contributed by atoms with E-state index in [1.54, 1.807) is 9.91 Å². The highest BCUT2D eigenvalue weighted by molar-refractivity contribution is 5.85. The molecule has 0 saturated carbocycles. The van der Waals surface area contributed by atoms with Crippen molar-refractivity contribution in [2.24, 2.45) is 5.41 Å². The lowest BCUT2D eigenvalue weighted by Gasteiger charge is -2.39. The molecule has 0 radical (unpaired) electrons. The molecule has 170 valence electrons. The number of fused-ring (bicyclic) bond motifs is 1. The first-order valence-corrected chi connectivity index (χ1v) is 10.5. The minimum Gasteiger partial charge on any atom is -0.356 e. The van der Waals surface area contributed by atoms with Crippen molar-refractivity contribution in [1.82, 2.24) is 15.0 Å². The summed E-state index contributed by atoms with van der Waals surface area (Å²) in [6.07, 6.45) is -0.526. The molecule has 3 fully saturated rings. The first kappa shape index (κ1) is 21.1. The SMILES string of the molecule is O=C1N2[C@H](c3cc(F)cc(F)c3)CCN2CC12CCN(c1ncc(F)cc1C(F)F)CC2.